The summed E-state index contributed by atoms with van der Waals surface area (Å²) in [5.41, 5.74) is 1.16. The van der Waals surface area contributed by atoms with Crippen molar-refractivity contribution in [3.05, 3.63) is 96.6 Å². The molecule has 0 amide bonds. The van der Waals surface area contributed by atoms with Crippen LogP contribution in [0, 0.1) is 0 Å². The summed E-state index contributed by atoms with van der Waals surface area (Å²) in [7, 11) is 0. The second-order valence-electron chi connectivity index (χ2n) is 6.00. The maximum absolute atomic E-state index is 5.73. The fraction of sp³-hybridized carbons (Fsp3) is 0.217. The largest absolute Gasteiger partial charge is 0.468 e. The van der Waals surface area contributed by atoms with Crippen LogP contribution in [0.1, 0.15) is 11.5 Å². The summed E-state index contributed by atoms with van der Waals surface area (Å²) in [4.78, 5) is 0. The first kappa shape index (κ1) is 19.0. The van der Waals surface area contributed by atoms with Crippen LogP contribution in [0.3, 0.4) is 0 Å². The van der Waals surface area contributed by atoms with Gasteiger partial charge in [0.15, 0.2) is 13.6 Å². The molecule has 0 aliphatic carbocycles. The maximum Gasteiger partial charge on any atom is 0.189 e. The molecule has 0 aliphatic rings. The average Bonchev–Trinajstić information content (AvgIpc) is 2.75. The predicted octanol–water partition coefficient (Wildman–Crippen LogP) is 4.88. The molecular weight excluding hydrogens is 340 g/mol. The summed E-state index contributed by atoms with van der Waals surface area (Å²) in [5, 5.41) is 0. The highest BCUT2D eigenvalue weighted by Crippen LogP contribution is 2.17. The molecule has 3 aromatic carbocycles. The van der Waals surface area contributed by atoms with Crippen molar-refractivity contribution in [1.82, 2.24) is 0 Å². The van der Waals surface area contributed by atoms with Crippen molar-refractivity contribution in [3.8, 4) is 11.5 Å². The summed E-state index contributed by atoms with van der Waals surface area (Å²) < 4.78 is 22.6. The Morgan fingerprint density at radius 2 is 0.926 bits per heavy atom. The molecule has 0 atom stereocenters. The zero-order valence-electron chi connectivity index (χ0n) is 15.2. The van der Waals surface area contributed by atoms with Gasteiger partial charge in [-0.05, 0) is 29.8 Å². The van der Waals surface area contributed by atoms with Gasteiger partial charge in [0.25, 0.3) is 0 Å². The topological polar surface area (TPSA) is 36.9 Å². The molecule has 0 heterocycles. The lowest BCUT2D eigenvalue weighted by Gasteiger charge is -2.18. The molecule has 0 bridgehead atoms. The Hall–Kier alpha value is -2.82. The SMILES string of the molecule is c1ccc(OCOCC(COCOc2ccccc2)c2ccccc2)cc1. The van der Waals surface area contributed by atoms with Crippen molar-refractivity contribution >= 4 is 0 Å². The van der Waals surface area contributed by atoms with Gasteiger partial charge in [0, 0.05) is 5.92 Å². The normalized spacial score (nSPS) is 10.7. The standard InChI is InChI=1S/C23H24O4/c1-4-10-20(11-5-1)21(16-24-18-26-22-12-6-2-7-13-22)17-25-19-27-23-14-8-3-9-15-23/h1-15,21H,16-19H2. The van der Waals surface area contributed by atoms with Gasteiger partial charge in [-0.15, -0.1) is 0 Å². The first-order valence-electron chi connectivity index (χ1n) is 8.98. The van der Waals surface area contributed by atoms with Gasteiger partial charge in [0.2, 0.25) is 0 Å². The van der Waals surface area contributed by atoms with Crippen molar-refractivity contribution in [2.45, 2.75) is 5.92 Å². The quantitative estimate of drug-likeness (QED) is 0.359. The second kappa shape index (κ2) is 11.0. The van der Waals surface area contributed by atoms with Crippen LogP contribution in [-0.4, -0.2) is 26.8 Å². The number of ether oxygens (including phenoxy) is 4. The Morgan fingerprint density at radius 1 is 0.519 bits per heavy atom. The minimum absolute atomic E-state index is 0.102. The maximum atomic E-state index is 5.73. The molecule has 4 nitrogen and oxygen atoms in total. The Balaban J connectivity index is 1.44. The van der Waals surface area contributed by atoms with Crippen LogP contribution in [0.4, 0.5) is 0 Å². The van der Waals surface area contributed by atoms with E-state index in [1.165, 1.54) is 0 Å². The molecule has 0 aromatic heterocycles. The zero-order valence-corrected chi connectivity index (χ0v) is 15.2. The molecule has 0 saturated carbocycles. The van der Waals surface area contributed by atoms with Crippen LogP contribution < -0.4 is 9.47 Å². The van der Waals surface area contributed by atoms with Crippen molar-refractivity contribution < 1.29 is 18.9 Å². The van der Waals surface area contributed by atoms with Crippen LogP contribution in [-0.2, 0) is 9.47 Å². The van der Waals surface area contributed by atoms with Gasteiger partial charge in [-0.25, -0.2) is 0 Å². The summed E-state index contributed by atoms with van der Waals surface area (Å²) in [5.74, 6) is 1.69. The lowest BCUT2D eigenvalue weighted by atomic mass is 10.0. The van der Waals surface area contributed by atoms with E-state index in [9.17, 15) is 0 Å². The molecule has 0 fully saturated rings. The predicted molar refractivity (Wildman–Crippen MR) is 105 cm³/mol. The zero-order chi connectivity index (χ0) is 18.6. The number of hydrogen-bond donors (Lipinski definition) is 0. The van der Waals surface area contributed by atoms with E-state index in [-0.39, 0.29) is 19.5 Å². The fourth-order valence-corrected chi connectivity index (χ4v) is 2.60. The Kier molecular flexibility index (Phi) is 7.73. The van der Waals surface area contributed by atoms with Crippen molar-refractivity contribution in [2.24, 2.45) is 0 Å². The summed E-state index contributed by atoms with van der Waals surface area (Å²) in [6.07, 6.45) is 0. The highest BCUT2D eigenvalue weighted by atomic mass is 16.7. The third-order valence-corrected chi connectivity index (χ3v) is 4.01. The fourth-order valence-electron chi connectivity index (χ4n) is 2.60. The van der Waals surface area contributed by atoms with Gasteiger partial charge in [-0.1, -0.05) is 66.7 Å². The summed E-state index contributed by atoms with van der Waals surface area (Å²) in [6.45, 7) is 1.41. The molecule has 140 valence electrons. The summed E-state index contributed by atoms with van der Waals surface area (Å²) in [6, 6.07) is 29.4. The van der Waals surface area contributed by atoms with Crippen LogP contribution in [0.5, 0.6) is 11.5 Å². The van der Waals surface area contributed by atoms with E-state index < -0.39 is 0 Å². The van der Waals surface area contributed by atoms with Crippen molar-refractivity contribution in [3.63, 3.8) is 0 Å². The first-order chi connectivity index (χ1) is 13.4. The van der Waals surface area contributed by atoms with E-state index >= 15 is 0 Å². The number of benzene rings is 3. The van der Waals surface area contributed by atoms with Gasteiger partial charge in [0.05, 0.1) is 13.2 Å². The number of hydrogen-bond acceptors (Lipinski definition) is 4. The molecule has 3 aromatic rings. The number of rotatable bonds is 11. The minimum atomic E-state index is 0.102. The highest BCUT2D eigenvalue weighted by Gasteiger charge is 2.12. The molecule has 4 heteroatoms. The molecular formula is C23H24O4. The van der Waals surface area contributed by atoms with Gasteiger partial charge < -0.3 is 18.9 Å². The van der Waals surface area contributed by atoms with Gasteiger partial charge in [0.1, 0.15) is 11.5 Å². The molecule has 0 N–H and O–H groups in total. The van der Waals surface area contributed by atoms with Crippen LogP contribution >= 0.6 is 0 Å². The van der Waals surface area contributed by atoms with Crippen LogP contribution in [0.2, 0.25) is 0 Å². The monoisotopic (exact) mass is 364 g/mol. The smallest absolute Gasteiger partial charge is 0.189 e. The van der Waals surface area contributed by atoms with E-state index in [1.54, 1.807) is 0 Å². The second-order valence-corrected chi connectivity index (χ2v) is 6.00. The van der Waals surface area contributed by atoms with Gasteiger partial charge in [-0.2, -0.15) is 0 Å². The molecule has 0 radical (unpaired) electrons. The van der Waals surface area contributed by atoms with E-state index in [2.05, 4.69) is 12.1 Å². The van der Waals surface area contributed by atoms with Gasteiger partial charge in [-0.3, -0.25) is 0 Å². The first-order valence-corrected chi connectivity index (χ1v) is 8.98. The molecule has 0 unspecified atom stereocenters. The highest BCUT2D eigenvalue weighted by molar-refractivity contribution is 5.22. The lowest BCUT2D eigenvalue weighted by molar-refractivity contribution is -0.0275. The van der Waals surface area contributed by atoms with E-state index in [4.69, 9.17) is 18.9 Å². The molecule has 0 spiro atoms. The Bertz CT molecular complexity index is 700. The van der Waals surface area contributed by atoms with Gasteiger partial charge >= 0.3 is 0 Å². The van der Waals surface area contributed by atoms with Crippen LogP contribution in [0.15, 0.2) is 91.0 Å². The van der Waals surface area contributed by atoms with E-state index in [1.807, 2.05) is 78.9 Å². The minimum Gasteiger partial charge on any atom is -0.468 e. The molecule has 3 rings (SSSR count). The van der Waals surface area contributed by atoms with Crippen LogP contribution in [0.25, 0.3) is 0 Å². The van der Waals surface area contributed by atoms with E-state index in [0.717, 1.165) is 17.1 Å². The third-order valence-electron chi connectivity index (χ3n) is 4.01. The van der Waals surface area contributed by atoms with Crippen molar-refractivity contribution in [1.29, 1.82) is 0 Å². The third kappa shape index (κ3) is 6.77. The average molecular weight is 364 g/mol. The Labute approximate surface area is 160 Å². The Morgan fingerprint density at radius 3 is 1.37 bits per heavy atom. The molecule has 0 saturated heterocycles. The lowest BCUT2D eigenvalue weighted by Crippen LogP contribution is -2.18. The number of para-hydroxylation sites is 2. The van der Waals surface area contributed by atoms with E-state index in [0.29, 0.717) is 13.2 Å². The van der Waals surface area contributed by atoms with Crippen molar-refractivity contribution in [2.75, 3.05) is 26.8 Å². The molecule has 27 heavy (non-hydrogen) atoms. The molecule has 0 aliphatic heterocycles. The summed E-state index contributed by atoms with van der Waals surface area (Å²) >= 11 is 0.